The summed E-state index contributed by atoms with van der Waals surface area (Å²) in [5, 5.41) is 42.5. The van der Waals surface area contributed by atoms with Gasteiger partial charge in [-0.25, -0.2) is 0 Å². The molecule has 8 nitrogen and oxygen atoms in total. The summed E-state index contributed by atoms with van der Waals surface area (Å²) in [6.07, 6.45) is -1.65. The zero-order chi connectivity index (χ0) is 19.4. The Labute approximate surface area is 150 Å². The van der Waals surface area contributed by atoms with Crippen molar-refractivity contribution in [2.75, 3.05) is 0 Å². The van der Waals surface area contributed by atoms with Crippen molar-refractivity contribution in [1.29, 1.82) is 0 Å². The summed E-state index contributed by atoms with van der Waals surface area (Å²) in [5.41, 5.74) is 1.64. The van der Waals surface area contributed by atoms with Crippen LogP contribution in [0, 0.1) is 34.1 Å². The Hall–Kier alpha value is -2.84. The molecule has 0 aliphatic carbocycles. The Morgan fingerprint density at radius 2 is 1.15 bits per heavy atom. The van der Waals surface area contributed by atoms with Crippen LogP contribution in [-0.4, -0.2) is 20.1 Å². The molecule has 2 atom stereocenters. The maximum Gasteiger partial charge on any atom is 0.272 e. The van der Waals surface area contributed by atoms with Crippen molar-refractivity contribution in [3.63, 3.8) is 0 Å². The summed E-state index contributed by atoms with van der Waals surface area (Å²) in [7, 11) is 0. The maximum absolute atomic E-state index is 11.0. The van der Waals surface area contributed by atoms with Gasteiger partial charge in [-0.3, -0.25) is 20.2 Å². The van der Waals surface area contributed by atoms with Crippen LogP contribution in [0.2, 0.25) is 0 Å². The van der Waals surface area contributed by atoms with Crippen LogP contribution in [0.25, 0.3) is 0 Å². The molecule has 0 radical (unpaired) electrons. The van der Waals surface area contributed by atoms with Gasteiger partial charge in [0.25, 0.3) is 11.4 Å². The number of nitrogens with zero attached hydrogens (tertiary/aromatic N) is 2. The van der Waals surface area contributed by atoms with Crippen LogP contribution in [-0.2, 0) is 0 Å². The maximum atomic E-state index is 11.0. The highest BCUT2D eigenvalue weighted by Crippen LogP contribution is 2.30. The number of hydrogen-bond acceptors (Lipinski definition) is 6. The molecule has 0 fully saturated rings. The molecule has 2 rings (SSSR count). The summed E-state index contributed by atoms with van der Waals surface area (Å²) >= 11 is 0. The minimum absolute atomic E-state index is 0.0729. The summed E-state index contributed by atoms with van der Waals surface area (Å²) in [5.74, 6) is 0. The lowest BCUT2D eigenvalue weighted by atomic mass is 9.97. The van der Waals surface area contributed by atoms with E-state index in [9.17, 15) is 30.4 Å². The van der Waals surface area contributed by atoms with E-state index in [-0.39, 0.29) is 24.2 Å². The number of aliphatic hydroxyl groups is 2. The molecule has 0 aliphatic heterocycles. The van der Waals surface area contributed by atoms with Crippen LogP contribution in [0.1, 0.15) is 47.3 Å². The van der Waals surface area contributed by atoms with E-state index in [4.69, 9.17) is 0 Å². The predicted octanol–water partition coefficient (Wildman–Crippen LogP) is 3.67. The molecule has 2 N–H and O–H groups in total. The highest BCUT2D eigenvalue weighted by Gasteiger charge is 2.19. The molecule has 0 aromatic heterocycles. The van der Waals surface area contributed by atoms with Gasteiger partial charge in [-0.2, -0.15) is 0 Å². The first kappa shape index (κ1) is 19.5. The van der Waals surface area contributed by atoms with Crippen LogP contribution in [0.4, 0.5) is 11.4 Å². The van der Waals surface area contributed by atoms with Crippen molar-refractivity contribution in [3.8, 4) is 0 Å². The van der Waals surface area contributed by atoms with Gasteiger partial charge in [0.2, 0.25) is 0 Å². The van der Waals surface area contributed by atoms with Crippen LogP contribution in [0.3, 0.4) is 0 Å². The second-order valence-corrected chi connectivity index (χ2v) is 6.22. The van der Waals surface area contributed by atoms with Crippen molar-refractivity contribution in [2.45, 2.75) is 38.9 Å². The minimum atomic E-state index is -0.982. The molecule has 0 heterocycles. The molecule has 2 aromatic carbocycles. The fourth-order valence-corrected chi connectivity index (χ4v) is 2.71. The molecule has 0 saturated heterocycles. The lowest BCUT2D eigenvalue weighted by Crippen LogP contribution is -2.05. The average molecular weight is 360 g/mol. The third-order valence-electron chi connectivity index (χ3n) is 4.34. The zero-order valence-corrected chi connectivity index (χ0v) is 14.5. The first-order chi connectivity index (χ1) is 12.2. The number of nitro groups is 2. The van der Waals surface area contributed by atoms with Gasteiger partial charge in [-0.15, -0.1) is 0 Å². The van der Waals surface area contributed by atoms with Gasteiger partial charge in [0, 0.05) is 23.3 Å². The Morgan fingerprint density at radius 1 is 0.808 bits per heavy atom. The summed E-state index contributed by atoms with van der Waals surface area (Å²) < 4.78 is 0. The molecule has 0 amide bonds. The summed E-state index contributed by atoms with van der Waals surface area (Å²) in [6, 6.07) is 8.99. The Kier molecular flexibility index (Phi) is 6.01. The van der Waals surface area contributed by atoms with Crippen LogP contribution in [0.5, 0.6) is 0 Å². The van der Waals surface area contributed by atoms with Crippen LogP contribution in [0.15, 0.2) is 36.4 Å². The van der Waals surface area contributed by atoms with E-state index in [0.717, 1.165) is 0 Å². The first-order valence-corrected chi connectivity index (χ1v) is 8.06. The van der Waals surface area contributed by atoms with E-state index >= 15 is 0 Å². The van der Waals surface area contributed by atoms with Crippen molar-refractivity contribution in [1.82, 2.24) is 0 Å². The number of aryl methyl sites for hydroxylation is 2. The fourth-order valence-electron chi connectivity index (χ4n) is 2.71. The molecule has 138 valence electrons. The van der Waals surface area contributed by atoms with Gasteiger partial charge >= 0.3 is 0 Å². The molecule has 0 bridgehead atoms. The average Bonchev–Trinajstić information content (AvgIpc) is 2.59. The largest absolute Gasteiger partial charge is 0.388 e. The molecule has 2 unspecified atom stereocenters. The molecule has 0 aliphatic rings. The first-order valence-electron chi connectivity index (χ1n) is 8.06. The van der Waals surface area contributed by atoms with Gasteiger partial charge < -0.3 is 10.2 Å². The Balaban J connectivity index is 2.08. The van der Waals surface area contributed by atoms with Gasteiger partial charge in [0.05, 0.1) is 22.1 Å². The highest BCUT2D eigenvalue weighted by atomic mass is 16.6. The lowest BCUT2D eigenvalue weighted by Gasteiger charge is -2.15. The Bertz CT molecular complexity index is 767. The molecule has 26 heavy (non-hydrogen) atoms. The molecule has 0 spiro atoms. The number of hydrogen-bond donors (Lipinski definition) is 2. The normalized spacial score (nSPS) is 13.2. The van der Waals surface area contributed by atoms with Crippen molar-refractivity contribution >= 4 is 11.4 Å². The number of aliphatic hydroxyl groups excluding tert-OH is 2. The zero-order valence-electron chi connectivity index (χ0n) is 14.5. The van der Waals surface area contributed by atoms with Crippen LogP contribution >= 0.6 is 0 Å². The number of nitro benzene ring substituents is 2. The molecular formula is C18H20N2O6. The van der Waals surface area contributed by atoms with E-state index < -0.39 is 22.1 Å². The standard InChI is InChI=1S/C18H20N2O6/c1-11-3-5-13(9-15(11)19(23)24)17(21)7-8-18(22)14-6-4-12(2)16(10-14)20(25)26/h3-6,9-10,17-18,21-22H,7-8H2,1-2H3. The number of rotatable bonds is 7. The molecule has 0 saturated carbocycles. The molecule has 2 aromatic rings. The van der Waals surface area contributed by atoms with Gasteiger partial charge in [0.15, 0.2) is 0 Å². The smallest absolute Gasteiger partial charge is 0.272 e. The van der Waals surface area contributed by atoms with E-state index in [2.05, 4.69) is 0 Å². The summed E-state index contributed by atoms with van der Waals surface area (Å²) in [6.45, 7) is 3.23. The second kappa shape index (κ2) is 8.03. The monoisotopic (exact) mass is 360 g/mol. The molecular weight excluding hydrogens is 340 g/mol. The second-order valence-electron chi connectivity index (χ2n) is 6.22. The van der Waals surface area contributed by atoms with E-state index in [1.54, 1.807) is 38.1 Å². The lowest BCUT2D eigenvalue weighted by molar-refractivity contribution is -0.385. The van der Waals surface area contributed by atoms with Crippen LogP contribution < -0.4 is 0 Å². The van der Waals surface area contributed by atoms with Crippen molar-refractivity contribution in [3.05, 3.63) is 78.9 Å². The fraction of sp³-hybridized carbons (Fsp3) is 0.333. The van der Waals surface area contributed by atoms with Crippen molar-refractivity contribution in [2.24, 2.45) is 0 Å². The highest BCUT2D eigenvalue weighted by molar-refractivity contribution is 5.44. The third-order valence-corrected chi connectivity index (χ3v) is 4.34. The van der Waals surface area contributed by atoms with E-state index in [1.807, 2.05) is 0 Å². The van der Waals surface area contributed by atoms with Gasteiger partial charge in [0.1, 0.15) is 0 Å². The topological polar surface area (TPSA) is 127 Å². The van der Waals surface area contributed by atoms with E-state index in [1.165, 1.54) is 12.1 Å². The summed E-state index contributed by atoms with van der Waals surface area (Å²) in [4.78, 5) is 21.0. The van der Waals surface area contributed by atoms with Gasteiger partial charge in [-0.1, -0.05) is 24.3 Å². The Morgan fingerprint density at radius 3 is 1.46 bits per heavy atom. The van der Waals surface area contributed by atoms with Gasteiger partial charge in [-0.05, 0) is 37.8 Å². The molecule has 8 heteroatoms. The minimum Gasteiger partial charge on any atom is -0.388 e. The quantitative estimate of drug-likeness (QED) is 0.573. The number of benzene rings is 2. The SMILES string of the molecule is Cc1ccc(C(O)CCC(O)c2ccc(C)c([N+](=O)[O-])c2)cc1[N+](=O)[O-]. The predicted molar refractivity (Wildman–Crippen MR) is 94.8 cm³/mol. The van der Waals surface area contributed by atoms with E-state index in [0.29, 0.717) is 22.3 Å². The van der Waals surface area contributed by atoms with Crippen molar-refractivity contribution < 1.29 is 20.1 Å². The third kappa shape index (κ3) is 4.41.